The van der Waals surface area contributed by atoms with Gasteiger partial charge < -0.3 is 10.4 Å². The summed E-state index contributed by atoms with van der Waals surface area (Å²) in [5, 5.41) is 16.2. The van der Waals surface area contributed by atoms with Crippen LogP contribution in [0.5, 0.6) is 0 Å². The molecule has 0 aliphatic carbocycles. The Morgan fingerprint density at radius 1 is 1.31 bits per heavy atom. The zero-order chi connectivity index (χ0) is 21.2. The zero-order valence-electron chi connectivity index (χ0n) is 16.6. The lowest BCUT2D eigenvalue weighted by atomic mass is 9.98. The highest BCUT2D eigenvalue weighted by molar-refractivity contribution is 7.89. The van der Waals surface area contributed by atoms with Gasteiger partial charge in [-0.1, -0.05) is 11.8 Å². The first-order valence-electron chi connectivity index (χ1n) is 9.25. The van der Waals surface area contributed by atoms with E-state index in [9.17, 15) is 18.3 Å². The van der Waals surface area contributed by atoms with Crippen LogP contribution in [0.25, 0.3) is 0 Å². The summed E-state index contributed by atoms with van der Waals surface area (Å²) in [6.45, 7) is 6.81. The average molecular weight is 453 g/mol. The fourth-order valence-corrected chi connectivity index (χ4v) is 6.28. The summed E-state index contributed by atoms with van der Waals surface area (Å²) in [7, 11) is -3.45. The maximum Gasteiger partial charge on any atom is 0.348 e. The highest BCUT2D eigenvalue weighted by Crippen LogP contribution is 2.30. The molecule has 9 heteroatoms. The molecule has 3 rings (SSSR count). The van der Waals surface area contributed by atoms with E-state index < -0.39 is 16.0 Å². The maximum atomic E-state index is 12.6. The minimum atomic E-state index is -3.45. The number of hydrogen-bond acceptors (Lipinski definition) is 6. The molecule has 0 spiro atoms. The Hall–Kier alpha value is -1.86. The summed E-state index contributed by atoms with van der Waals surface area (Å²) >= 11 is 2.52. The Bertz CT molecular complexity index is 1030. The Balaban J connectivity index is 1.69. The van der Waals surface area contributed by atoms with E-state index in [0.717, 1.165) is 11.3 Å². The Morgan fingerprint density at radius 2 is 2.00 bits per heavy atom. The molecule has 1 aliphatic heterocycles. The Labute approximate surface area is 179 Å². The lowest BCUT2D eigenvalue weighted by Crippen LogP contribution is -2.42. The van der Waals surface area contributed by atoms with Crippen LogP contribution in [0.1, 0.15) is 48.2 Å². The van der Waals surface area contributed by atoms with E-state index in [2.05, 4.69) is 17.2 Å². The van der Waals surface area contributed by atoms with E-state index in [1.807, 2.05) is 20.8 Å². The molecule has 0 aromatic carbocycles. The first kappa shape index (κ1) is 21.8. The normalized spacial score (nSPS) is 16.2. The number of carbonyl (C=O) groups is 1. The topological polar surface area (TPSA) is 86.7 Å². The third kappa shape index (κ3) is 5.39. The lowest BCUT2D eigenvalue weighted by molar-refractivity contribution is 0.0703. The van der Waals surface area contributed by atoms with Crippen molar-refractivity contribution in [1.29, 1.82) is 0 Å². The van der Waals surface area contributed by atoms with Crippen LogP contribution >= 0.6 is 22.7 Å². The van der Waals surface area contributed by atoms with Crippen LogP contribution in [-0.2, 0) is 10.0 Å². The van der Waals surface area contributed by atoms with E-state index in [0.29, 0.717) is 41.4 Å². The number of thiophene rings is 2. The number of aromatic carboxylic acids is 1. The molecule has 2 N–H and O–H groups in total. The first-order chi connectivity index (χ1) is 13.6. The Kier molecular flexibility index (Phi) is 6.39. The summed E-state index contributed by atoms with van der Waals surface area (Å²) in [5.41, 5.74) is 0.390. The highest BCUT2D eigenvalue weighted by Gasteiger charge is 2.30. The van der Waals surface area contributed by atoms with Crippen LogP contribution in [-0.4, -0.2) is 42.9 Å². The average Bonchev–Trinajstić information content (AvgIpc) is 3.30. The van der Waals surface area contributed by atoms with Crippen molar-refractivity contribution in [2.75, 3.05) is 18.4 Å². The molecule has 0 atom stereocenters. The molecule has 0 radical (unpaired) electrons. The third-order valence-electron chi connectivity index (χ3n) is 4.43. The molecular weight excluding hydrogens is 428 g/mol. The number of piperidine rings is 1. The highest BCUT2D eigenvalue weighted by atomic mass is 32.2. The second-order valence-corrected chi connectivity index (χ2v) is 11.7. The van der Waals surface area contributed by atoms with Crippen LogP contribution in [0.4, 0.5) is 5.69 Å². The number of anilines is 1. The monoisotopic (exact) mass is 452 g/mol. The molecule has 0 unspecified atom stereocenters. The molecule has 2 aromatic rings. The van der Waals surface area contributed by atoms with Crippen molar-refractivity contribution in [2.45, 2.75) is 44.6 Å². The minimum absolute atomic E-state index is 0.0139. The van der Waals surface area contributed by atoms with Crippen molar-refractivity contribution in [3.8, 4) is 11.8 Å². The summed E-state index contributed by atoms with van der Waals surface area (Å²) < 4.78 is 26.8. The van der Waals surface area contributed by atoms with E-state index in [-0.39, 0.29) is 16.3 Å². The molecule has 3 heterocycles. The van der Waals surface area contributed by atoms with Gasteiger partial charge in [-0.15, -0.1) is 11.3 Å². The predicted octanol–water partition coefficient (Wildman–Crippen LogP) is 4.17. The standard InChI is InChI=1S/C20H24N2O4S3/c1-20(2,3)8-4-15-12-17(18(28-15)19(23)24)21-14-5-9-22(10-6-14)29(25,26)16-7-11-27-13-16/h7,11-14,21H,5-6,9-10H2,1-3H3,(H,23,24). The van der Waals surface area contributed by atoms with Crippen LogP contribution in [0.2, 0.25) is 0 Å². The molecule has 1 aliphatic rings. The summed E-state index contributed by atoms with van der Waals surface area (Å²) in [6, 6.07) is 3.41. The fraction of sp³-hybridized carbons (Fsp3) is 0.450. The number of rotatable bonds is 5. The molecule has 156 valence electrons. The van der Waals surface area contributed by atoms with Gasteiger partial charge >= 0.3 is 5.97 Å². The van der Waals surface area contributed by atoms with Gasteiger partial charge in [0.1, 0.15) is 4.88 Å². The summed E-state index contributed by atoms with van der Waals surface area (Å²) in [6.07, 6.45) is 1.22. The molecule has 0 amide bonds. The lowest BCUT2D eigenvalue weighted by Gasteiger charge is -2.31. The van der Waals surface area contributed by atoms with Crippen LogP contribution in [0.3, 0.4) is 0 Å². The number of nitrogens with one attached hydrogen (secondary N) is 1. The smallest absolute Gasteiger partial charge is 0.348 e. The number of hydrogen-bond donors (Lipinski definition) is 2. The number of carboxylic acid groups (broad SMARTS) is 1. The van der Waals surface area contributed by atoms with Crippen LogP contribution in [0, 0.1) is 17.3 Å². The van der Waals surface area contributed by atoms with Gasteiger partial charge in [0.05, 0.1) is 15.5 Å². The van der Waals surface area contributed by atoms with E-state index >= 15 is 0 Å². The van der Waals surface area contributed by atoms with Gasteiger partial charge in [-0.25, -0.2) is 13.2 Å². The van der Waals surface area contributed by atoms with Crippen molar-refractivity contribution in [3.63, 3.8) is 0 Å². The van der Waals surface area contributed by atoms with Crippen molar-refractivity contribution in [1.82, 2.24) is 4.31 Å². The van der Waals surface area contributed by atoms with Gasteiger partial charge in [-0.2, -0.15) is 15.6 Å². The van der Waals surface area contributed by atoms with Gasteiger partial charge in [0.15, 0.2) is 0 Å². The molecular formula is C20H24N2O4S3. The first-order valence-corrected chi connectivity index (χ1v) is 12.5. The summed E-state index contributed by atoms with van der Waals surface area (Å²) in [4.78, 5) is 12.9. The van der Waals surface area contributed by atoms with Gasteiger partial charge in [0.2, 0.25) is 10.0 Å². The summed E-state index contributed by atoms with van der Waals surface area (Å²) in [5.74, 6) is 5.20. The molecule has 1 fully saturated rings. The number of nitrogens with zero attached hydrogens (tertiary/aromatic N) is 1. The molecule has 0 saturated carbocycles. The zero-order valence-corrected chi connectivity index (χ0v) is 19.0. The van der Waals surface area contributed by atoms with Crippen molar-refractivity contribution < 1.29 is 18.3 Å². The van der Waals surface area contributed by atoms with Crippen LogP contribution in [0.15, 0.2) is 27.8 Å². The minimum Gasteiger partial charge on any atom is -0.477 e. The molecule has 2 aromatic heterocycles. The second-order valence-electron chi connectivity index (χ2n) is 7.94. The van der Waals surface area contributed by atoms with Gasteiger partial charge in [-0.05, 0) is 51.1 Å². The SMILES string of the molecule is CC(C)(C)C#Cc1cc(NC2CCN(S(=O)(=O)c3ccsc3)CC2)c(C(=O)O)s1. The van der Waals surface area contributed by atoms with Crippen molar-refractivity contribution in [2.24, 2.45) is 5.41 Å². The van der Waals surface area contributed by atoms with Gasteiger partial charge in [0.25, 0.3) is 0 Å². The van der Waals surface area contributed by atoms with Crippen molar-refractivity contribution >= 4 is 44.4 Å². The van der Waals surface area contributed by atoms with E-state index in [1.165, 1.54) is 15.6 Å². The quantitative estimate of drug-likeness (QED) is 0.665. The number of sulfonamides is 1. The number of carboxylic acids is 1. The van der Waals surface area contributed by atoms with E-state index in [4.69, 9.17) is 0 Å². The predicted molar refractivity (Wildman–Crippen MR) is 117 cm³/mol. The van der Waals surface area contributed by atoms with Gasteiger partial charge in [0, 0.05) is 29.9 Å². The third-order valence-corrected chi connectivity index (χ3v) is 8.20. The molecule has 6 nitrogen and oxygen atoms in total. The van der Waals surface area contributed by atoms with Crippen molar-refractivity contribution in [3.05, 3.63) is 32.6 Å². The van der Waals surface area contributed by atoms with E-state index in [1.54, 1.807) is 22.9 Å². The van der Waals surface area contributed by atoms with Gasteiger partial charge in [-0.3, -0.25) is 0 Å². The molecule has 1 saturated heterocycles. The largest absolute Gasteiger partial charge is 0.477 e. The fourth-order valence-electron chi connectivity index (χ4n) is 2.98. The molecule has 0 bridgehead atoms. The molecule has 29 heavy (non-hydrogen) atoms. The second kappa shape index (κ2) is 8.48. The maximum absolute atomic E-state index is 12.6. The Morgan fingerprint density at radius 3 is 2.55 bits per heavy atom. The van der Waals surface area contributed by atoms with Crippen LogP contribution < -0.4 is 5.32 Å².